The van der Waals surface area contributed by atoms with Gasteiger partial charge in [-0.15, -0.1) is 0 Å². The number of hydrogen-bond acceptors (Lipinski definition) is 2. The largest absolute Gasteiger partial charge is 0.388 e. The Hall–Kier alpha value is -1.06. The number of amidine groups is 1. The van der Waals surface area contributed by atoms with E-state index in [1.54, 1.807) is 6.92 Å². The van der Waals surface area contributed by atoms with Gasteiger partial charge in [-0.2, -0.15) is 0 Å². The van der Waals surface area contributed by atoms with E-state index in [1.807, 2.05) is 20.8 Å². The summed E-state index contributed by atoms with van der Waals surface area (Å²) >= 11 is 0. The predicted molar refractivity (Wildman–Crippen MR) is 54.7 cm³/mol. The molecule has 0 spiro atoms. The van der Waals surface area contributed by atoms with Gasteiger partial charge < -0.3 is 11.1 Å². The third kappa shape index (κ3) is 8.85. The van der Waals surface area contributed by atoms with Gasteiger partial charge in [0.1, 0.15) is 0 Å². The molecule has 0 bridgehead atoms. The van der Waals surface area contributed by atoms with Crippen LogP contribution in [0.25, 0.3) is 0 Å². The first kappa shape index (κ1) is 11.9. The molecule has 4 heteroatoms. The molecule has 0 unspecified atom stereocenters. The molecular weight excluding hydrogens is 166 g/mol. The molecule has 13 heavy (non-hydrogen) atoms. The Bertz CT molecular complexity index is 199. The van der Waals surface area contributed by atoms with Crippen molar-refractivity contribution in [2.24, 2.45) is 10.7 Å². The standard InChI is InChI=1S/C9H19N3O/c1-7(10)11-6-5-8(13)12-9(2,3)4/h5-6H2,1-4H3,(H2,10,11)(H,12,13). The molecule has 1 amide bonds. The zero-order valence-corrected chi connectivity index (χ0v) is 8.85. The first-order valence-corrected chi connectivity index (χ1v) is 4.39. The Morgan fingerprint density at radius 1 is 1.46 bits per heavy atom. The molecule has 0 aromatic heterocycles. The lowest BCUT2D eigenvalue weighted by Gasteiger charge is -2.20. The van der Waals surface area contributed by atoms with Crippen LogP contribution in [-0.4, -0.2) is 23.8 Å². The van der Waals surface area contributed by atoms with Crippen molar-refractivity contribution in [1.82, 2.24) is 5.32 Å². The SMILES string of the molecule is CC(N)=NCCC(=O)NC(C)(C)C. The monoisotopic (exact) mass is 185 g/mol. The van der Waals surface area contributed by atoms with E-state index in [2.05, 4.69) is 10.3 Å². The molecule has 0 aromatic rings. The highest BCUT2D eigenvalue weighted by atomic mass is 16.1. The summed E-state index contributed by atoms with van der Waals surface area (Å²) in [5, 5.41) is 2.84. The molecule has 0 atom stereocenters. The Balaban J connectivity index is 3.71. The Kier molecular flexibility index (Phi) is 4.45. The van der Waals surface area contributed by atoms with E-state index in [-0.39, 0.29) is 11.4 Å². The summed E-state index contributed by atoms with van der Waals surface area (Å²) in [7, 11) is 0. The fraction of sp³-hybridized carbons (Fsp3) is 0.778. The second-order valence-electron chi connectivity index (χ2n) is 4.07. The molecule has 0 saturated heterocycles. The molecule has 0 aliphatic heterocycles. The molecule has 0 radical (unpaired) electrons. The van der Waals surface area contributed by atoms with Gasteiger partial charge in [0, 0.05) is 18.5 Å². The van der Waals surface area contributed by atoms with Crippen LogP contribution in [0.15, 0.2) is 4.99 Å². The van der Waals surface area contributed by atoms with E-state index in [0.29, 0.717) is 18.8 Å². The molecule has 0 fully saturated rings. The molecule has 0 heterocycles. The summed E-state index contributed by atoms with van der Waals surface area (Å²) in [6.07, 6.45) is 0.395. The van der Waals surface area contributed by atoms with Gasteiger partial charge in [-0.1, -0.05) is 0 Å². The number of rotatable bonds is 3. The van der Waals surface area contributed by atoms with Crippen molar-refractivity contribution in [3.63, 3.8) is 0 Å². The normalized spacial score (nSPS) is 12.8. The summed E-state index contributed by atoms with van der Waals surface area (Å²) in [4.78, 5) is 15.1. The van der Waals surface area contributed by atoms with Gasteiger partial charge in [0.05, 0.1) is 5.84 Å². The van der Waals surface area contributed by atoms with E-state index in [4.69, 9.17) is 5.73 Å². The Labute approximate surface area is 79.6 Å². The molecule has 0 aliphatic carbocycles. The predicted octanol–water partition coefficient (Wildman–Crippen LogP) is 0.668. The fourth-order valence-electron chi connectivity index (χ4n) is 0.815. The number of nitrogens with two attached hydrogens (primary N) is 1. The van der Waals surface area contributed by atoms with E-state index < -0.39 is 0 Å². The maximum Gasteiger partial charge on any atom is 0.222 e. The average Bonchev–Trinajstić information content (AvgIpc) is 1.81. The molecule has 4 nitrogen and oxygen atoms in total. The average molecular weight is 185 g/mol. The highest BCUT2D eigenvalue weighted by Crippen LogP contribution is 1.98. The molecule has 76 valence electrons. The summed E-state index contributed by atoms with van der Waals surface area (Å²) in [5.41, 5.74) is 5.16. The van der Waals surface area contributed by atoms with Gasteiger partial charge in [0.25, 0.3) is 0 Å². The first-order valence-electron chi connectivity index (χ1n) is 4.39. The lowest BCUT2D eigenvalue weighted by Crippen LogP contribution is -2.40. The van der Waals surface area contributed by atoms with Crippen molar-refractivity contribution in [3.05, 3.63) is 0 Å². The zero-order valence-electron chi connectivity index (χ0n) is 8.85. The van der Waals surface area contributed by atoms with Crippen molar-refractivity contribution in [2.75, 3.05) is 6.54 Å². The van der Waals surface area contributed by atoms with Crippen LogP contribution in [0.4, 0.5) is 0 Å². The van der Waals surface area contributed by atoms with Gasteiger partial charge in [-0.3, -0.25) is 9.79 Å². The van der Waals surface area contributed by atoms with Gasteiger partial charge in [0.2, 0.25) is 5.91 Å². The summed E-state index contributed by atoms with van der Waals surface area (Å²) in [6, 6.07) is 0. The van der Waals surface area contributed by atoms with Crippen molar-refractivity contribution < 1.29 is 4.79 Å². The number of hydrogen-bond donors (Lipinski definition) is 2. The fourth-order valence-corrected chi connectivity index (χ4v) is 0.815. The van der Waals surface area contributed by atoms with Crippen LogP contribution in [-0.2, 0) is 4.79 Å². The molecule has 3 N–H and O–H groups in total. The lowest BCUT2D eigenvalue weighted by atomic mass is 10.1. The number of nitrogens with one attached hydrogen (secondary N) is 1. The quantitative estimate of drug-likeness (QED) is 0.501. The molecule has 0 saturated carbocycles. The smallest absolute Gasteiger partial charge is 0.222 e. The third-order valence-electron chi connectivity index (χ3n) is 1.21. The second kappa shape index (κ2) is 4.84. The maximum absolute atomic E-state index is 11.2. The highest BCUT2D eigenvalue weighted by molar-refractivity contribution is 5.79. The van der Waals surface area contributed by atoms with Crippen LogP contribution in [0, 0.1) is 0 Å². The number of amides is 1. The van der Waals surface area contributed by atoms with Crippen molar-refractivity contribution >= 4 is 11.7 Å². The van der Waals surface area contributed by atoms with Gasteiger partial charge in [0.15, 0.2) is 0 Å². The molecule has 0 aliphatic rings. The summed E-state index contributed by atoms with van der Waals surface area (Å²) in [5.74, 6) is 0.529. The molecule has 0 aromatic carbocycles. The minimum atomic E-state index is -0.168. The van der Waals surface area contributed by atoms with E-state index in [9.17, 15) is 4.79 Å². The van der Waals surface area contributed by atoms with Crippen molar-refractivity contribution in [2.45, 2.75) is 39.7 Å². The molecular formula is C9H19N3O. The van der Waals surface area contributed by atoms with Gasteiger partial charge in [-0.25, -0.2) is 0 Å². The van der Waals surface area contributed by atoms with Crippen LogP contribution in [0.5, 0.6) is 0 Å². The zero-order chi connectivity index (χ0) is 10.5. The van der Waals surface area contributed by atoms with E-state index in [0.717, 1.165) is 0 Å². The third-order valence-corrected chi connectivity index (χ3v) is 1.21. The van der Waals surface area contributed by atoms with E-state index in [1.165, 1.54) is 0 Å². The highest BCUT2D eigenvalue weighted by Gasteiger charge is 2.12. The maximum atomic E-state index is 11.2. The number of nitrogens with zero attached hydrogens (tertiary/aromatic N) is 1. The number of aliphatic imine (C=N–C) groups is 1. The second-order valence-corrected chi connectivity index (χ2v) is 4.07. The molecule has 0 rings (SSSR count). The van der Waals surface area contributed by atoms with Gasteiger partial charge in [-0.05, 0) is 27.7 Å². The summed E-state index contributed by atoms with van der Waals surface area (Å²) in [6.45, 7) is 8.01. The first-order chi connectivity index (χ1) is 5.81. The van der Waals surface area contributed by atoms with Crippen LogP contribution < -0.4 is 11.1 Å². The van der Waals surface area contributed by atoms with E-state index >= 15 is 0 Å². The van der Waals surface area contributed by atoms with Crippen molar-refractivity contribution in [3.8, 4) is 0 Å². The Morgan fingerprint density at radius 2 is 2.00 bits per heavy atom. The number of carbonyl (C=O) groups is 1. The van der Waals surface area contributed by atoms with Crippen LogP contribution in [0.1, 0.15) is 34.1 Å². The lowest BCUT2D eigenvalue weighted by molar-refractivity contribution is -0.122. The minimum Gasteiger partial charge on any atom is -0.388 e. The van der Waals surface area contributed by atoms with Crippen LogP contribution in [0.3, 0.4) is 0 Å². The van der Waals surface area contributed by atoms with Gasteiger partial charge >= 0.3 is 0 Å². The topological polar surface area (TPSA) is 67.5 Å². The van der Waals surface area contributed by atoms with Crippen LogP contribution in [0.2, 0.25) is 0 Å². The van der Waals surface area contributed by atoms with Crippen LogP contribution >= 0.6 is 0 Å². The van der Waals surface area contributed by atoms with Crippen molar-refractivity contribution in [1.29, 1.82) is 0 Å². The Morgan fingerprint density at radius 3 is 2.38 bits per heavy atom. The summed E-state index contributed by atoms with van der Waals surface area (Å²) < 4.78 is 0. The minimum absolute atomic E-state index is 0.0116. The number of carbonyl (C=O) groups excluding carboxylic acids is 1.